The molecule has 134 valence electrons. The van der Waals surface area contributed by atoms with Crippen LogP contribution in [0.4, 0.5) is 5.69 Å². The molecule has 0 radical (unpaired) electrons. The molecule has 0 bridgehead atoms. The molecule has 0 saturated heterocycles. The van der Waals surface area contributed by atoms with Gasteiger partial charge in [0.15, 0.2) is 0 Å². The average molecular weight is 381 g/mol. The van der Waals surface area contributed by atoms with Crippen LogP contribution in [0.1, 0.15) is 12.0 Å². The number of carbonyl (C=O) groups is 1. The van der Waals surface area contributed by atoms with Crippen LogP contribution in [0.5, 0.6) is 0 Å². The summed E-state index contributed by atoms with van der Waals surface area (Å²) in [6.45, 7) is 0.378. The van der Waals surface area contributed by atoms with Crippen molar-refractivity contribution in [3.05, 3.63) is 65.2 Å². The monoisotopic (exact) mass is 380 g/mol. The van der Waals surface area contributed by atoms with E-state index in [0.717, 1.165) is 11.8 Å². The number of sulfonamides is 1. The number of aryl methyl sites for hydroxylation is 1. The molecule has 1 amide bonds. The molecule has 5 nitrogen and oxygen atoms in total. The summed E-state index contributed by atoms with van der Waals surface area (Å²) in [4.78, 5) is 11.9. The second-order valence-electron chi connectivity index (χ2n) is 5.65. The van der Waals surface area contributed by atoms with Crippen LogP contribution in [0, 0.1) is 0 Å². The third kappa shape index (κ3) is 6.40. The second kappa shape index (κ2) is 8.87. The first-order valence-electron chi connectivity index (χ1n) is 7.90. The normalized spacial score (nSPS) is 11.1. The van der Waals surface area contributed by atoms with Crippen LogP contribution < -0.4 is 9.62 Å². The summed E-state index contributed by atoms with van der Waals surface area (Å²) < 4.78 is 25.2. The zero-order valence-electron chi connectivity index (χ0n) is 14.0. The summed E-state index contributed by atoms with van der Waals surface area (Å²) in [6, 6.07) is 16.4. The van der Waals surface area contributed by atoms with E-state index in [9.17, 15) is 13.2 Å². The van der Waals surface area contributed by atoms with Crippen molar-refractivity contribution in [3.8, 4) is 0 Å². The molecule has 0 saturated carbocycles. The Labute approximate surface area is 153 Å². The Hall–Kier alpha value is -2.05. The fourth-order valence-corrected chi connectivity index (χ4v) is 3.51. The molecule has 0 atom stereocenters. The van der Waals surface area contributed by atoms with Gasteiger partial charge in [-0.15, -0.1) is 0 Å². The van der Waals surface area contributed by atoms with E-state index in [1.807, 2.05) is 30.3 Å². The van der Waals surface area contributed by atoms with Gasteiger partial charge in [0, 0.05) is 18.0 Å². The number of anilines is 1. The van der Waals surface area contributed by atoms with Crippen LogP contribution in [0.3, 0.4) is 0 Å². The SMILES string of the molecule is CS(=O)(=O)N(CCNC(=O)CCc1ccccc1)c1cccc(Cl)c1. The zero-order chi connectivity index (χ0) is 18.3. The Morgan fingerprint density at radius 1 is 1.12 bits per heavy atom. The van der Waals surface area contributed by atoms with Crippen LogP contribution >= 0.6 is 11.6 Å². The van der Waals surface area contributed by atoms with Gasteiger partial charge < -0.3 is 5.32 Å². The van der Waals surface area contributed by atoms with Crippen molar-refractivity contribution in [2.45, 2.75) is 12.8 Å². The summed E-state index contributed by atoms with van der Waals surface area (Å²) >= 11 is 5.93. The lowest BCUT2D eigenvalue weighted by Crippen LogP contribution is -2.38. The zero-order valence-corrected chi connectivity index (χ0v) is 15.6. The van der Waals surface area contributed by atoms with E-state index in [1.165, 1.54) is 4.31 Å². The van der Waals surface area contributed by atoms with Gasteiger partial charge in [-0.2, -0.15) is 0 Å². The molecule has 0 aliphatic carbocycles. The highest BCUT2D eigenvalue weighted by atomic mass is 35.5. The molecule has 0 aliphatic heterocycles. The highest BCUT2D eigenvalue weighted by molar-refractivity contribution is 7.92. The summed E-state index contributed by atoms with van der Waals surface area (Å²) in [5.41, 5.74) is 1.57. The molecular weight excluding hydrogens is 360 g/mol. The standard InChI is InChI=1S/C18H21ClN2O3S/c1-25(23,24)21(17-9-5-8-16(19)14-17)13-12-20-18(22)11-10-15-6-3-2-4-7-15/h2-9,14H,10-13H2,1H3,(H,20,22). The van der Waals surface area contributed by atoms with E-state index < -0.39 is 10.0 Å². The Morgan fingerprint density at radius 2 is 1.84 bits per heavy atom. The van der Waals surface area contributed by atoms with Crippen LogP contribution in [-0.2, 0) is 21.2 Å². The quantitative estimate of drug-likeness (QED) is 0.765. The molecule has 0 aromatic heterocycles. The van der Waals surface area contributed by atoms with Crippen LogP contribution in [0.2, 0.25) is 5.02 Å². The van der Waals surface area contributed by atoms with Gasteiger partial charge in [0.25, 0.3) is 0 Å². The fourth-order valence-electron chi connectivity index (χ4n) is 2.41. The van der Waals surface area contributed by atoms with Gasteiger partial charge in [0.1, 0.15) is 0 Å². The number of hydrogen-bond donors (Lipinski definition) is 1. The molecule has 7 heteroatoms. The maximum Gasteiger partial charge on any atom is 0.232 e. The highest BCUT2D eigenvalue weighted by Gasteiger charge is 2.17. The highest BCUT2D eigenvalue weighted by Crippen LogP contribution is 2.21. The van der Waals surface area contributed by atoms with E-state index in [4.69, 9.17) is 11.6 Å². The third-order valence-electron chi connectivity index (χ3n) is 3.62. The lowest BCUT2D eigenvalue weighted by atomic mass is 10.1. The van der Waals surface area contributed by atoms with Crippen LogP contribution in [-0.4, -0.2) is 33.7 Å². The number of rotatable bonds is 8. The van der Waals surface area contributed by atoms with Crippen molar-refractivity contribution in [2.24, 2.45) is 0 Å². The number of amides is 1. The molecule has 25 heavy (non-hydrogen) atoms. The summed E-state index contributed by atoms with van der Waals surface area (Å²) in [7, 11) is -3.46. The molecular formula is C18H21ClN2O3S. The topological polar surface area (TPSA) is 66.5 Å². The van der Waals surface area contributed by atoms with Gasteiger partial charge >= 0.3 is 0 Å². The Morgan fingerprint density at radius 3 is 2.48 bits per heavy atom. The number of nitrogens with one attached hydrogen (secondary N) is 1. The fraction of sp³-hybridized carbons (Fsp3) is 0.278. The Balaban J connectivity index is 1.87. The van der Waals surface area contributed by atoms with Gasteiger partial charge in [0.2, 0.25) is 15.9 Å². The lowest BCUT2D eigenvalue weighted by Gasteiger charge is -2.22. The van der Waals surface area contributed by atoms with E-state index in [1.54, 1.807) is 24.3 Å². The number of hydrogen-bond acceptors (Lipinski definition) is 3. The second-order valence-corrected chi connectivity index (χ2v) is 7.99. The molecule has 2 aromatic carbocycles. The summed E-state index contributed by atoms with van der Waals surface area (Å²) in [5.74, 6) is -0.108. The van der Waals surface area contributed by atoms with Crippen molar-refractivity contribution < 1.29 is 13.2 Å². The van der Waals surface area contributed by atoms with Crippen molar-refractivity contribution >= 4 is 33.2 Å². The first-order valence-corrected chi connectivity index (χ1v) is 10.1. The maximum absolute atomic E-state index is 12.0. The number of carbonyl (C=O) groups excluding carboxylic acids is 1. The van der Waals surface area contributed by atoms with E-state index >= 15 is 0 Å². The van der Waals surface area contributed by atoms with Crippen LogP contribution in [0.25, 0.3) is 0 Å². The maximum atomic E-state index is 12.0. The number of nitrogens with zero attached hydrogens (tertiary/aromatic N) is 1. The van der Waals surface area contributed by atoms with E-state index in [2.05, 4.69) is 5.32 Å². The molecule has 2 aromatic rings. The van der Waals surface area contributed by atoms with Gasteiger partial charge in [-0.05, 0) is 30.2 Å². The third-order valence-corrected chi connectivity index (χ3v) is 5.05. The van der Waals surface area contributed by atoms with Crippen molar-refractivity contribution in [1.82, 2.24) is 5.32 Å². The summed E-state index contributed by atoms with van der Waals surface area (Å²) in [6.07, 6.45) is 2.14. The van der Waals surface area contributed by atoms with Crippen molar-refractivity contribution in [3.63, 3.8) is 0 Å². The predicted octanol–water partition coefficient (Wildman–Crippen LogP) is 2.86. The molecule has 2 rings (SSSR count). The average Bonchev–Trinajstić information content (AvgIpc) is 2.56. The Kier molecular flexibility index (Phi) is 6.84. The minimum atomic E-state index is -3.46. The smallest absolute Gasteiger partial charge is 0.232 e. The minimum Gasteiger partial charge on any atom is -0.354 e. The molecule has 0 aliphatic rings. The molecule has 0 fully saturated rings. The molecule has 0 heterocycles. The largest absolute Gasteiger partial charge is 0.354 e. The van der Waals surface area contributed by atoms with Gasteiger partial charge in [-0.1, -0.05) is 48.0 Å². The Bertz CT molecular complexity index is 810. The minimum absolute atomic E-state index is 0.108. The first kappa shape index (κ1) is 19.3. The van der Waals surface area contributed by atoms with Crippen molar-refractivity contribution in [2.75, 3.05) is 23.7 Å². The summed E-state index contributed by atoms with van der Waals surface area (Å²) in [5, 5.41) is 3.22. The van der Waals surface area contributed by atoms with Crippen LogP contribution in [0.15, 0.2) is 54.6 Å². The molecule has 1 N–H and O–H groups in total. The van der Waals surface area contributed by atoms with Gasteiger partial charge in [-0.3, -0.25) is 9.10 Å². The van der Waals surface area contributed by atoms with Crippen molar-refractivity contribution in [1.29, 1.82) is 0 Å². The first-order chi connectivity index (χ1) is 11.9. The molecule has 0 unspecified atom stereocenters. The number of halogens is 1. The predicted molar refractivity (Wildman–Crippen MR) is 101 cm³/mol. The lowest BCUT2D eigenvalue weighted by molar-refractivity contribution is -0.120. The van der Waals surface area contributed by atoms with E-state index in [-0.39, 0.29) is 19.0 Å². The van der Waals surface area contributed by atoms with Gasteiger partial charge in [0.05, 0.1) is 18.5 Å². The van der Waals surface area contributed by atoms with Gasteiger partial charge in [-0.25, -0.2) is 8.42 Å². The number of benzene rings is 2. The molecule has 0 spiro atoms. The van der Waals surface area contributed by atoms with E-state index in [0.29, 0.717) is 23.6 Å².